The topological polar surface area (TPSA) is 55.1 Å². The van der Waals surface area contributed by atoms with Gasteiger partial charge in [0, 0.05) is 18.8 Å². The van der Waals surface area contributed by atoms with E-state index in [1.807, 2.05) is 37.3 Å². The van der Waals surface area contributed by atoms with E-state index in [0.717, 1.165) is 18.7 Å². The van der Waals surface area contributed by atoms with E-state index in [9.17, 15) is 0 Å². The summed E-state index contributed by atoms with van der Waals surface area (Å²) in [4.78, 5) is 10.4. The van der Waals surface area contributed by atoms with Gasteiger partial charge in [-0.2, -0.15) is 4.98 Å². The van der Waals surface area contributed by atoms with E-state index in [1.54, 1.807) is 6.20 Å². The molecule has 2 heterocycles. The molecule has 5 heteroatoms. The van der Waals surface area contributed by atoms with E-state index in [-0.39, 0.29) is 0 Å². The lowest BCUT2D eigenvalue weighted by molar-refractivity contribution is 0.349. The SMILES string of the molecule is CN(C)Cc1noc(CCc2cccnc2)n1. The Hall–Kier alpha value is -1.75. The van der Waals surface area contributed by atoms with Crippen molar-refractivity contribution in [3.63, 3.8) is 0 Å². The predicted molar refractivity (Wildman–Crippen MR) is 63.3 cm³/mol. The summed E-state index contributed by atoms with van der Waals surface area (Å²) in [5.41, 5.74) is 1.18. The van der Waals surface area contributed by atoms with Crippen molar-refractivity contribution < 1.29 is 4.52 Å². The number of pyridine rings is 1. The van der Waals surface area contributed by atoms with Gasteiger partial charge in [0.15, 0.2) is 5.82 Å². The highest BCUT2D eigenvalue weighted by atomic mass is 16.5. The maximum atomic E-state index is 5.18. The zero-order valence-electron chi connectivity index (χ0n) is 10.1. The van der Waals surface area contributed by atoms with Crippen LogP contribution in [0.3, 0.4) is 0 Å². The summed E-state index contributed by atoms with van der Waals surface area (Å²) in [5, 5.41) is 3.93. The summed E-state index contributed by atoms with van der Waals surface area (Å²) in [6.45, 7) is 0.705. The molecule has 0 aromatic carbocycles. The first-order chi connectivity index (χ1) is 8.24. The Kier molecular flexibility index (Phi) is 3.82. The second-order valence-electron chi connectivity index (χ2n) is 4.20. The Balaban J connectivity index is 1.89. The van der Waals surface area contributed by atoms with Gasteiger partial charge in [-0.15, -0.1) is 0 Å². The van der Waals surface area contributed by atoms with Crippen LogP contribution in [0.25, 0.3) is 0 Å². The molecular weight excluding hydrogens is 216 g/mol. The molecule has 0 aliphatic heterocycles. The van der Waals surface area contributed by atoms with Crippen molar-refractivity contribution in [1.29, 1.82) is 0 Å². The van der Waals surface area contributed by atoms with Crippen LogP contribution in [0.2, 0.25) is 0 Å². The largest absolute Gasteiger partial charge is 0.339 e. The zero-order valence-corrected chi connectivity index (χ0v) is 10.1. The molecule has 0 fully saturated rings. The van der Waals surface area contributed by atoms with Gasteiger partial charge in [-0.25, -0.2) is 0 Å². The summed E-state index contributed by atoms with van der Waals surface area (Å²) >= 11 is 0. The van der Waals surface area contributed by atoms with Gasteiger partial charge < -0.3 is 9.42 Å². The maximum absolute atomic E-state index is 5.18. The third-order valence-electron chi connectivity index (χ3n) is 2.32. The molecule has 0 aliphatic rings. The maximum Gasteiger partial charge on any atom is 0.227 e. The molecule has 0 saturated heterocycles. The number of hydrogen-bond donors (Lipinski definition) is 0. The molecule has 2 aromatic heterocycles. The Morgan fingerprint density at radius 2 is 2.18 bits per heavy atom. The van der Waals surface area contributed by atoms with Crippen molar-refractivity contribution in [2.45, 2.75) is 19.4 Å². The first kappa shape index (κ1) is 11.7. The molecule has 0 aliphatic carbocycles. The van der Waals surface area contributed by atoms with Gasteiger partial charge in [0.1, 0.15) is 0 Å². The van der Waals surface area contributed by atoms with Gasteiger partial charge in [0.05, 0.1) is 6.54 Å². The minimum absolute atomic E-state index is 0.686. The average Bonchev–Trinajstić information content (AvgIpc) is 2.75. The Labute approximate surface area is 100 Å². The zero-order chi connectivity index (χ0) is 12.1. The number of hydrogen-bond acceptors (Lipinski definition) is 5. The van der Waals surface area contributed by atoms with E-state index in [0.29, 0.717) is 12.4 Å². The van der Waals surface area contributed by atoms with Crippen LogP contribution in [0.15, 0.2) is 29.0 Å². The van der Waals surface area contributed by atoms with Crippen LogP contribution in [0, 0.1) is 0 Å². The van der Waals surface area contributed by atoms with Crippen LogP contribution < -0.4 is 0 Å². The predicted octanol–water partition coefficient (Wildman–Crippen LogP) is 1.31. The highest BCUT2D eigenvalue weighted by Gasteiger charge is 2.07. The van der Waals surface area contributed by atoms with Gasteiger partial charge in [-0.3, -0.25) is 4.98 Å². The standard InChI is InChI=1S/C12H16N4O/c1-16(2)9-11-14-12(17-15-11)6-5-10-4-3-7-13-8-10/h3-4,7-8H,5-6,9H2,1-2H3. The van der Waals surface area contributed by atoms with Crippen molar-refractivity contribution in [2.75, 3.05) is 14.1 Å². The molecule has 0 atom stereocenters. The molecule has 0 unspecified atom stereocenters. The van der Waals surface area contributed by atoms with Crippen molar-refractivity contribution in [2.24, 2.45) is 0 Å². The van der Waals surface area contributed by atoms with Crippen LogP contribution in [0.1, 0.15) is 17.3 Å². The molecular formula is C12H16N4O. The molecule has 0 spiro atoms. The first-order valence-corrected chi connectivity index (χ1v) is 5.59. The number of aromatic nitrogens is 3. The molecule has 0 radical (unpaired) electrons. The molecule has 0 amide bonds. The smallest absolute Gasteiger partial charge is 0.227 e. The lowest BCUT2D eigenvalue weighted by atomic mass is 10.1. The number of rotatable bonds is 5. The van der Waals surface area contributed by atoms with Crippen LogP contribution in [0.5, 0.6) is 0 Å². The van der Waals surface area contributed by atoms with Crippen molar-refractivity contribution in [1.82, 2.24) is 20.0 Å². The Morgan fingerprint density at radius 1 is 1.29 bits per heavy atom. The second-order valence-corrected chi connectivity index (χ2v) is 4.20. The highest BCUT2D eigenvalue weighted by molar-refractivity contribution is 5.09. The molecule has 2 rings (SSSR count). The molecule has 0 bridgehead atoms. The van der Waals surface area contributed by atoms with Crippen LogP contribution in [0.4, 0.5) is 0 Å². The summed E-state index contributed by atoms with van der Waals surface area (Å²) in [5.74, 6) is 1.42. The van der Waals surface area contributed by atoms with Crippen molar-refractivity contribution >= 4 is 0 Å². The molecule has 90 valence electrons. The lowest BCUT2D eigenvalue weighted by Gasteiger charge is -2.03. The normalized spacial score (nSPS) is 11.0. The van der Waals surface area contributed by atoms with E-state index in [2.05, 4.69) is 15.1 Å². The fraction of sp³-hybridized carbons (Fsp3) is 0.417. The third kappa shape index (κ3) is 3.64. The highest BCUT2D eigenvalue weighted by Crippen LogP contribution is 2.05. The van der Waals surface area contributed by atoms with Crippen LogP contribution in [-0.4, -0.2) is 34.1 Å². The summed E-state index contributed by atoms with van der Waals surface area (Å²) in [7, 11) is 3.96. The minimum atomic E-state index is 0.686. The number of aryl methyl sites for hydroxylation is 2. The van der Waals surface area contributed by atoms with Gasteiger partial charge in [-0.05, 0) is 32.1 Å². The third-order valence-corrected chi connectivity index (χ3v) is 2.32. The number of nitrogens with zero attached hydrogens (tertiary/aromatic N) is 4. The average molecular weight is 232 g/mol. The second kappa shape index (κ2) is 5.54. The fourth-order valence-electron chi connectivity index (χ4n) is 1.54. The van der Waals surface area contributed by atoms with Crippen molar-refractivity contribution in [3.05, 3.63) is 41.8 Å². The summed E-state index contributed by atoms with van der Waals surface area (Å²) in [6.07, 6.45) is 5.26. The summed E-state index contributed by atoms with van der Waals surface area (Å²) < 4.78 is 5.18. The molecule has 0 N–H and O–H groups in total. The summed E-state index contributed by atoms with van der Waals surface area (Å²) in [6, 6.07) is 3.98. The fourth-order valence-corrected chi connectivity index (χ4v) is 1.54. The van der Waals surface area contributed by atoms with E-state index in [1.165, 1.54) is 5.56 Å². The Morgan fingerprint density at radius 3 is 2.88 bits per heavy atom. The quantitative estimate of drug-likeness (QED) is 0.778. The van der Waals surface area contributed by atoms with Crippen LogP contribution in [-0.2, 0) is 19.4 Å². The minimum Gasteiger partial charge on any atom is -0.339 e. The van der Waals surface area contributed by atoms with Gasteiger partial charge in [0.25, 0.3) is 0 Å². The van der Waals surface area contributed by atoms with Gasteiger partial charge >= 0.3 is 0 Å². The van der Waals surface area contributed by atoms with Gasteiger partial charge in [0.2, 0.25) is 5.89 Å². The molecule has 5 nitrogen and oxygen atoms in total. The van der Waals surface area contributed by atoms with Crippen molar-refractivity contribution in [3.8, 4) is 0 Å². The molecule has 2 aromatic rings. The monoisotopic (exact) mass is 232 g/mol. The van der Waals surface area contributed by atoms with Gasteiger partial charge in [-0.1, -0.05) is 11.2 Å². The molecule has 17 heavy (non-hydrogen) atoms. The van der Waals surface area contributed by atoms with E-state index < -0.39 is 0 Å². The van der Waals surface area contributed by atoms with E-state index in [4.69, 9.17) is 4.52 Å². The van der Waals surface area contributed by atoms with Crippen LogP contribution >= 0.6 is 0 Å². The van der Waals surface area contributed by atoms with E-state index >= 15 is 0 Å². The molecule has 0 saturated carbocycles. The first-order valence-electron chi connectivity index (χ1n) is 5.59. The lowest BCUT2D eigenvalue weighted by Crippen LogP contribution is -2.11. The Bertz CT molecular complexity index is 453.